The number of benzene rings is 1. The normalized spacial score (nSPS) is 18.8. The van der Waals surface area contributed by atoms with E-state index in [1.54, 1.807) is 12.4 Å². The third kappa shape index (κ3) is 1.98. The van der Waals surface area contributed by atoms with Crippen molar-refractivity contribution in [3.05, 3.63) is 47.8 Å². The van der Waals surface area contributed by atoms with E-state index in [0.29, 0.717) is 6.04 Å². The number of nitrogens with one attached hydrogen (secondary N) is 1. The zero-order chi connectivity index (χ0) is 12.5. The summed E-state index contributed by atoms with van der Waals surface area (Å²) in [5.41, 5.74) is 3.33. The molecule has 1 unspecified atom stereocenters. The van der Waals surface area contributed by atoms with E-state index in [0.717, 1.165) is 36.3 Å². The molecule has 94 valence electrons. The Kier molecular flexibility index (Phi) is 2.78. The van der Waals surface area contributed by atoms with Gasteiger partial charge in [0.25, 0.3) is 0 Å². The minimum absolute atomic E-state index is 0.148. The Labute approximate surface area is 106 Å². The van der Waals surface area contributed by atoms with Gasteiger partial charge in [-0.15, -0.1) is 0 Å². The smallest absolute Gasteiger partial charge is 0.123 e. The van der Waals surface area contributed by atoms with Crippen LogP contribution in [0.15, 0.2) is 30.7 Å². The van der Waals surface area contributed by atoms with E-state index in [-0.39, 0.29) is 5.82 Å². The molecule has 1 N–H and O–H groups in total. The number of aryl methyl sites for hydroxylation is 1. The van der Waals surface area contributed by atoms with Crippen molar-refractivity contribution < 1.29 is 4.39 Å². The van der Waals surface area contributed by atoms with Crippen LogP contribution in [-0.4, -0.2) is 16.0 Å². The van der Waals surface area contributed by atoms with Crippen LogP contribution in [0.5, 0.6) is 0 Å². The van der Waals surface area contributed by atoms with Crippen LogP contribution in [0, 0.1) is 5.82 Å². The van der Waals surface area contributed by atoms with Gasteiger partial charge < -0.3 is 9.88 Å². The van der Waals surface area contributed by atoms with Crippen LogP contribution in [0.3, 0.4) is 0 Å². The molecule has 1 aromatic carbocycles. The Morgan fingerprint density at radius 2 is 2.39 bits per heavy atom. The molecule has 1 aliphatic heterocycles. The third-order valence-corrected chi connectivity index (χ3v) is 3.61. The van der Waals surface area contributed by atoms with Gasteiger partial charge in [-0.25, -0.2) is 9.37 Å². The predicted octanol–water partition coefficient (Wildman–Crippen LogP) is 2.89. The van der Waals surface area contributed by atoms with Crippen LogP contribution in [0.4, 0.5) is 10.1 Å². The first-order valence-corrected chi connectivity index (χ1v) is 6.26. The van der Waals surface area contributed by atoms with Gasteiger partial charge in [0, 0.05) is 17.9 Å². The lowest BCUT2D eigenvalue weighted by molar-refractivity contribution is 0.551. The molecule has 2 heterocycles. The fourth-order valence-electron chi connectivity index (χ4n) is 2.59. The number of aromatic nitrogens is 2. The first kappa shape index (κ1) is 11.3. The Morgan fingerprint density at radius 1 is 1.50 bits per heavy atom. The summed E-state index contributed by atoms with van der Waals surface area (Å²) in [5.74, 6) is -0.148. The molecule has 0 amide bonds. The van der Waals surface area contributed by atoms with Crippen LogP contribution in [0.2, 0.25) is 0 Å². The topological polar surface area (TPSA) is 31.9 Å². The number of rotatable bonds is 2. The van der Waals surface area contributed by atoms with Gasteiger partial charge in [0.05, 0.1) is 18.6 Å². The van der Waals surface area contributed by atoms with Crippen molar-refractivity contribution in [2.24, 2.45) is 0 Å². The van der Waals surface area contributed by atoms with Crippen LogP contribution >= 0.6 is 0 Å². The van der Waals surface area contributed by atoms with Gasteiger partial charge in [0.2, 0.25) is 0 Å². The fourth-order valence-corrected chi connectivity index (χ4v) is 2.59. The summed E-state index contributed by atoms with van der Waals surface area (Å²) in [7, 11) is 0. The lowest BCUT2D eigenvalue weighted by Crippen LogP contribution is -2.36. The maximum Gasteiger partial charge on any atom is 0.123 e. The summed E-state index contributed by atoms with van der Waals surface area (Å²) in [4.78, 5) is 9.47. The highest BCUT2D eigenvalue weighted by molar-refractivity contribution is 5.56. The number of hydrogen-bond donors (Lipinski definition) is 1. The number of imidazole rings is 1. The molecule has 3 nitrogen and oxygen atoms in total. The Bertz CT molecular complexity index is 536. The van der Waals surface area contributed by atoms with Gasteiger partial charge in [-0.05, 0) is 43.5 Å². The molecular weight excluding hydrogens is 229 g/mol. The third-order valence-electron chi connectivity index (χ3n) is 3.61. The predicted molar refractivity (Wildman–Crippen MR) is 69.0 cm³/mol. The average molecular weight is 245 g/mol. The molecule has 0 aliphatic carbocycles. The molecule has 0 saturated carbocycles. The highest BCUT2D eigenvalue weighted by Crippen LogP contribution is 2.32. The number of nitrogens with zero attached hydrogens (tertiary/aromatic N) is 2. The molecule has 3 rings (SSSR count). The zero-order valence-corrected chi connectivity index (χ0v) is 10.4. The number of H-pyrrole nitrogens is 1. The minimum atomic E-state index is -0.148. The maximum absolute atomic E-state index is 13.3. The van der Waals surface area contributed by atoms with Gasteiger partial charge in [-0.1, -0.05) is 0 Å². The number of aromatic amines is 1. The standard InChI is InChI=1S/C14H16FN3/c1-10-2-3-11-6-12(15)4-5-14(11)18(10)8-13-7-16-9-17-13/h4-7,9-10H,2-3,8H2,1H3,(H,16,17). The second-order valence-electron chi connectivity index (χ2n) is 4.87. The van der Waals surface area contributed by atoms with Crippen molar-refractivity contribution in [3.8, 4) is 0 Å². The second kappa shape index (κ2) is 4.44. The number of hydrogen-bond acceptors (Lipinski definition) is 2. The van der Waals surface area contributed by atoms with Crippen molar-refractivity contribution in [1.29, 1.82) is 0 Å². The fraction of sp³-hybridized carbons (Fsp3) is 0.357. The Balaban J connectivity index is 1.94. The summed E-state index contributed by atoms with van der Waals surface area (Å²) < 4.78 is 13.3. The average Bonchev–Trinajstić information content (AvgIpc) is 2.86. The maximum atomic E-state index is 13.3. The first-order valence-electron chi connectivity index (χ1n) is 6.26. The number of fused-ring (bicyclic) bond motifs is 1. The van der Waals surface area contributed by atoms with E-state index in [9.17, 15) is 4.39 Å². The minimum Gasteiger partial charge on any atom is -0.363 e. The molecule has 0 fully saturated rings. The molecule has 1 aliphatic rings. The van der Waals surface area contributed by atoms with E-state index >= 15 is 0 Å². The summed E-state index contributed by atoms with van der Waals surface area (Å²) in [6, 6.07) is 5.54. The monoisotopic (exact) mass is 245 g/mol. The van der Waals surface area contributed by atoms with Gasteiger partial charge in [0.15, 0.2) is 0 Å². The summed E-state index contributed by atoms with van der Waals surface area (Å²) in [5, 5.41) is 0. The van der Waals surface area contributed by atoms with Gasteiger partial charge in [0.1, 0.15) is 5.82 Å². The molecule has 1 atom stereocenters. The number of anilines is 1. The summed E-state index contributed by atoms with van der Waals surface area (Å²) >= 11 is 0. The molecule has 4 heteroatoms. The van der Waals surface area contributed by atoms with Crippen molar-refractivity contribution in [1.82, 2.24) is 9.97 Å². The van der Waals surface area contributed by atoms with Crippen LogP contribution in [-0.2, 0) is 13.0 Å². The van der Waals surface area contributed by atoms with Crippen molar-refractivity contribution >= 4 is 5.69 Å². The van der Waals surface area contributed by atoms with E-state index < -0.39 is 0 Å². The molecule has 1 aromatic heterocycles. The van der Waals surface area contributed by atoms with E-state index in [2.05, 4.69) is 21.8 Å². The Morgan fingerprint density at radius 3 is 3.17 bits per heavy atom. The number of halogens is 1. The molecule has 2 aromatic rings. The van der Waals surface area contributed by atoms with Crippen molar-refractivity contribution in [3.63, 3.8) is 0 Å². The summed E-state index contributed by atoms with van der Waals surface area (Å²) in [6.45, 7) is 3.00. The Hall–Kier alpha value is -1.84. The largest absolute Gasteiger partial charge is 0.363 e. The summed E-state index contributed by atoms with van der Waals surface area (Å²) in [6.07, 6.45) is 5.54. The molecule has 18 heavy (non-hydrogen) atoms. The van der Waals surface area contributed by atoms with Crippen molar-refractivity contribution in [2.45, 2.75) is 32.4 Å². The van der Waals surface area contributed by atoms with Crippen LogP contribution in [0.1, 0.15) is 24.6 Å². The van der Waals surface area contributed by atoms with E-state index in [4.69, 9.17) is 0 Å². The lowest BCUT2D eigenvalue weighted by atomic mass is 9.96. The highest BCUT2D eigenvalue weighted by atomic mass is 19.1. The lowest BCUT2D eigenvalue weighted by Gasteiger charge is -2.36. The first-order chi connectivity index (χ1) is 8.74. The van der Waals surface area contributed by atoms with E-state index in [1.807, 2.05) is 12.3 Å². The van der Waals surface area contributed by atoms with Gasteiger partial charge in [-0.2, -0.15) is 0 Å². The highest BCUT2D eigenvalue weighted by Gasteiger charge is 2.23. The van der Waals surface area contributed by atoms with E-state index in [1.165, 1.54) is 6.07 Å². The van der Waals surface area contributed by atoms with Crippen LogP contribution < -0.4 is 4.90 Å². The van der Waals surface area contributed by atoms with Crippen molar-refractivity contribution in [2.75, 3.05) is 4.90 Å². The second-order valence-corrected chi connectivity index (χ2v) is 4.87. The molecule has 0 bridgehead atoms. The molecule has 0 saturated heterocycles. The SMILES string of the molecule is CC1CCc2cc(F)ccc2N1Cc1cnc[nH]1. The molecule has 0 radical (unpaired) electrons. The molecule has 0 spiro atoms. The van der Waals surface area contributed by atoms with Gasteiger partial charge >= 0.3 is 0 Å². The quantitative estimate of drug-likeness (QED) is 0.882. The van der Waals surface area contributed by atoms with Gasteiger partial charge in [-0.3, -0.25) is 0 Å². The zero-order valence-electron chi connectivity index (χ0n) is 10.4. The molecular formula is C14H16FN3. The van der Waals surface area contributed by atoms with Crippen LogP contribution in [0.25, 0.3) is 0 Å².